The number of nitrogens with one attached hydrogen (secondary N) is 1. The van der Waals surface area contributed by atoms with E-state index in [2.05, 4.69) is 15.2 Å². The monoisotopic (exact) mass is 262 g/mol. The lowest BCUT2D eigenvalue weighted by molar-refractivity contribution is 0.134. The van der Waals surface area contributed by atoms with Gasteiger partial charge in [-0.2, -0.15) is 0 Å². The highest BCUT2D eigenvalue weighted by atomic mass is 16.2. The maximum Gasteiger partial charge on any atom is 0.317 e. The fraction of sp³-hybridized carbons (Fsp3) is 0.571. The summed E-state index contributed by atoms with van der Waals surface area (Å²) in [6.45, 7) is 8.34. The summed E-state index contributed by atoms with van der Waals surface area (Å²) in [5, 5.41) is 2.94. The highest BCUT2D eigenvalue weighted by Gasteiger charge is 2.21. The van der Waals surface area contributed by atoms with Crippen LogP contribution in [0.2, 0.25) is 0 Å². The number of nitrogens with zero attached hydrogens (tertiary/aromatic N) is 3. The van der Waals surface area contributed by atoms with Crippen molar-refractivity contribution in [2.24, 2.45) is 0 Å². The smallest absolute Gasteiger partial charge is 0.317 e. The highest BCUT2D eigenvalue weighted by Crippen LogP contribution is 2.07. The maximum atomic E-state index is 11.9. The molecule has 104 valence electrons. The summed E-state index contributed by atoms with van der Waals surface area (Å²) in [6, 6.07) is 4.33. The van der Waals surface area contributed by atoms with Crippen molar-refractivity contribution in [1.29, 1.82) is 0 Å². The largest absolute Gasteiger partial charge is 0.336 e. The van der Waals surface area contributed by atoms with Crippen LogP contribution in [0.4, 0.5) is 4.79 Å². The van der Waals surface area contributed by atoms with Gasteiger partial charge in [-0.15, -0.1) is 0 Å². The van der Waals surface area contributed by atoms with Crippen LogP contribution in [0.1, 0.15) is 19.4 Å². The van der Waals surface area contributed by atoms with E-state index in [0.29, 0.717) is 0 Å². The molecule has 2 rings (SSSR count). The third-order valence-corrected chi connectivity index (χ3v) is 3.23. The van der Waals surface area contributed by atoms with Crippen LogP contribution in [0, 0.1) is 0 Å². The molecule has 0 atom stereocenters. The first-order valence-corrected chi connectivity index (χ1v) is 6.82. The van der Waals surface area contributed by atoms with Gasteiger partial charge in [0.25, 0.3) is 0 Å². The summed E-state index contributed by atoms with van der Waals surface area (Å²) >= 11 is 0. The van der Waals surface area contributed by atoms with E-state index in [1.54, 1.807) is 0 Å². The lowest BCUT2D eigenvalue weighted by atomic mass is 10.2. The van der Waals surface area contributed by atoms with Gasteiger partial charge in [-0.25, -0.2) is 4.79 Å². The Hall–Kier alpha value is -1.62. The van der Waals surface area contributed by atoms with Gasteiger partial charge >= 0.3 is 6.03 Å². The summed E-state index contributed by atoms with van der Waals surface area (Å²) < 4.78 is 0. The van der Waals surface area contributed by atoms with Crippen LogP contribution in [0.25, 0.3) is 0 Å². The number of hydrogen-bond donors (Lipinski definition) is 1. The second kappa shape index (κ2) is 6.52. The van der Waals surface area contributed by atoms with E-state index < -0.39 is 0 Å². The van der Waals surface area contributed by atoms with Crippen molar-refractivity contribution in [1.82, 2.24) is 20.1 Å². The number of pyridine rings is 1. The molecule has 1 aromatic rings. The molecule has 1 saturated heterocycles. The van der Waals surface area contributed by atoms with Crippen molar-refractivity contribution in [3.05, 3.63) is 30.1 Å². The Morgan fingerprint density at radius 2 is 1.89 bits per heavy atom. The van der Waals surface area contributed by atoms with Gasteiger partial charge in [0.05, 0.1) is 0 Å². The molecule has 0 spiro atoms. The Kier molecular flexibility index (Phi) is 4.74. The van der Waals surface area contributed by atoms with E-state index >= 15 is 0 Å². The first-order chi connectivity index (χ1) is 9.15. The molecule has 1 aromatic heterocycles. The third-order valence-electron chi connectivity index (χ3n) is 3.23. The number of piperazine rings is 1. The van der Waals surface area contributed by atoms with Gasteiger partial charge in [-0.3, -0.25) is 9.88 Å². The molecular formula is C14H22N4O. The summed E-state index contributed by atoms with van der Waals surface area (Å²) in [6.07, 6.45) is 3.64. The second-order valence-electron chi connectivity index (χ2n) is 5.22. The molecule has 2 heterocycles. The minimum absolute atomic E-state index is 0.0542. The van der Waals surface area contributed by atoms with Crippen molar-refractivity contribution in [2.75, 3.05) is 26.2 Å². The number of rotatable bonds is 3. The molecule has 0 unspecified atom stereocenters. The molecule has 2 amide bonds. The molecule has 0 aliphatic carbocycles. The van der Waals surface area contributed by atoms with Crippen LogP contribution in [-0.2, 0) is 6.54 Å². The normalized spacial score (nSPS) is 16.7. The van der Waals surface area contributed by atoms with Crippen LogP contribution in [0.15, 0.2) is 24.5 Å². The fourth-order valence-electron chi connectivity index (χ4n) is 2.19. The van der Waals surface area contributed by atoms with E-state index in [1.807, 2.05) is 43.3 Å². The quantitative estimate of drug-likeness (QED) is 0.893. The molecule has 1 aliphatic heterocycles. The zero-order chi connectivity index (χ0) is 13.7. The Bertz CT molecular complexity index is 399. The zero-order valence-electron chi connectivity index (χ0n) is 11.7. The second-order valence-corrected chi connectivity index (χ2v) is 5.22. The fourth-order valence-corrected chi connectivity index (χ4v) is 2.19. The minimum atomic E-state index is 0.0542. The van der Waals surface area contributed by atoms with Gasteiger partial charge in [0.2, 0.25) is 0 Å². The Balaban J connectivity index is 1.78. The van der Waals surface area contributed by atoms with Gasteiger partial charge in [-0.1, -0.05) is 0 Å². The molecular weight excluding hydrogens is 240 g/mol. The number of amides is 2. The van der Waals surface area contributed by atoms with Gasteiger partial charge in [0, 0.05) is 51.2 Å². The van der Waals surface area contributed by atoms with E-state index in [-0.39, 0.29) is 12.1 Å². The van der Waals surface area contributed by atoms with Gasteiger partial charge in [-0.05, 0) is 31.5 Å². The van der Waals surface area contributed by atoms with Crippen LogP contribution < -0.4 is 5.32 Å². The topological polar surface area (TPSA) is 48.5 Å². The van der Waals surface area contributed by atoms with Crippen LogP contribution >= 0.6 is 0 Å². The zero-order valence-corrected chi connectivity index (χ0v) is 11.7. The van der Waals surface area contributed by atoms with E-state index in [4.69, 9.17) is 0 Å². The maximum absolute atomic E-state index is 11.9. The van der Waals surface area contributed by atoms with Gasteiger partial charge in [0.1, 0.15) is 0 Å². The molecule has 0 saturated carbocycles. The molecule has 1 aliphatic rings. The molecule has 1 N–H and O–H groups in total. The average molecular weight is 262 g/mol. The molecule has 1 fully saturated rings. The summed E-state index contributed by atoms with van der Waals surface area (Å²) in [5.74, 6) is 0. The Morgan fingerprint density at radius 3 is 2.47 bits per heavy atom. The molecule has 5 nitrogen and oxygen atoms in total. The van der Waals surface area contributed by atoms with E-state index in [0.717, 1.165) is 32.7 Å². The van der Waals surface area contributed by atoms with Crippen molar-refractivity contribution < 1.29 is 4.79 Å². The number of carbonyl (C=O) groups excluding carboxylic acids is 1. The lowest BCUT2D eigenvalue weighted by Crippen LogP contribution is -2.52. The van der Waals surface area contributed by atoms with E-state index in [9.17, 15) is 4.79 Å². The average Bonchev–Trinajstić information content (AvgIpc) is 2.40. The summed E-state index contributed by atoms with van der Waals surface area (Å²) in [4.78, 5) is 20.1. The van der Waals surface area contributed by atoms with Crippen molar-refractivity contribution in [3.63, 3.8) is 0 Å². The Morgan fingerprint density at radius 1 is 1.26 bits per heavy atom. The minimum Gasteiger partial charge on any atom is -0.336 e. The predicted octanol–water partition coefficient (Wildman–Crippen LogP) is 1.32. The van der Waals surface area contributed by atoms with Crippen molar-refractivity contribution >= 4 is 6.03 Å². The van der Waals surface area contributed by atoms with Crippen LogP contribution in [-0.4, -0.2) is 53.0 Å². The number of urea groups is 1. The highest BCUT2D eigenvalue weighted by molar-refractivity contribution is 5.74. The van der Waals surface area contributed by atoms with Gasteiger partial charge in [0.15, 0.2) is 0 Å². The first kappa shape index (κ1) is 13.8. The van der Waals surface area contributed by atoms with Crippen LogP contribution in [0.3, 0.4) is 0 Å². The lowest BCUT2D eigenvalue weighted by Gasteiger charge is -2.35. The SMILES string of the molecule is CC(C)NC(=O)N1CCN(Cc2ccncc2)CC1. The predicted molar refractivity (Wildman–Crippen MR) is 74.8 cm³/mol. The van der Waals surface area contributed by atoms with Gasteiger partial charge < -0.3 is 10.2 Å². The summed E-state index contributed by atoms with van der Waals surface area (Å²) in [5.41, 5.74) is 1.27. The van der Waals surface area contributed by atoms with Crippen LogP contribution in [0.5, 0.6) is 0 Å². The Labute approximate surface area is 114 Å². The van der Waals surface area contributed by atoms with E-state index in [1.165, 1.54) is 5.56 Å². The molecule has 0 radical (unpaired) electrons. The number of aromatic nitrogens is 1. The first-order valence-electron chi connectivity index (χ1n) is 6.82. The molecule has 0 bridgehead atoms. The third kappa shape index (κ3) is 4.21. The molecule has 0 aromatic carbocycles. The summed E-state index contributed by atoms with van der Waals surface area (Å²) in [7, 11) is 0. The standard InChI is InChI=1S/C14H22N4O/c1-12(2)16-14(19)18-9-7-17(8-10-18)11-13-3-5-15-6-4-13/h3-6,12H,7-11H2,1-2H3,(H,16,19). The van der Waals surface area contributed by atoms with Crippen molar-refractivity contribution in [3.8, 4) is 0 Å². The van der Waals surface area contributed by atoms with Crippen molar-refractivity contribution in [2.45, 2.75) is 26.4 Å². The number of carbonyl (C=O) groups is 1. The number of hydrogen-bond acceptors (Lipinski definition) is 3. The molecule has 19 heavy (non-hydrogen) atoms. The molecule has 5 heteroatoms.